The molecule has 0 saturated carbocycles. The molecular weight excluding hydrogens is 414 g/mol. The van der Waals surface area contributed by atoms with Crippen LogP contribution in [-0.2, 0) is 19.5 Å². The summed E-state index contributed by atoms with van der Waals surface area (Å²) in [5.74, 6) is 0.0391. The Balaban J connectivity index is 2.27. The van der Waals surface area contributed by atoms with E-state index in [2.05, 4.69) is 15.0 Å². The predicted octanol–water partition coefficient (Wildman–Crippen LogP) is 3.79. The number of guanidine groups is 1. The normalized spacial score (nSPS) is 12.2. The van der Waals surface area contributed by atoms with E-state index in [4.69, 9.17) is 21.1 Å². The lowest BCUT2D eigenvalue weighted by atomic mass is 10.2. The Morgan fingerprint density at radius 2 is 1.76 bits per heavy atom. The summed E-state index contributed by atoms with van der Waals surface area (Å²) in [6, 6.07) is 13.4. The van der Waals surface area contributed by atoms with Crippen molar-refractivity contribution in [3.05, 3.63) is 59.1 Å². The molecule has 7 nitrogen and oxygen atoms in total. The lowest BCUT2D eigenvalue weighted by Gasteiger charge is -2.17. The molecule has 0 radical (unpaired) electrons. The van der Waals surface area contributed by atoms with Gasteiger partial charge in [-0.25, -0.2) is 18.1 Å². The van der Waals surface area contributed by atoms with Gasteiger partial charge in [0.1, 0.15) is 0 Å². The summed E-state index contributed by atoms with van der Waals surface area (Å²) in [6.07, 6.45) is -0.579. The maximum Gasteiger partial charge on any atom is 0.264 e. The van der Waals surface area contributed by atoms with Gasteiger partial charge in [0, 0.05) is 23.9 Å². The van der Waals surface area contributed by atoms with Crippen LogP contribution < -0.4 is 10.0 Å². The topological polar surface area (TPSA) is 89.0 Å². The molecule has 9 heteroatoms. The molecule has 0 aliphatic rings. The SMILES string of the molecule is CCOC(CN=C(Nc1cccc(Cl)c1)NS(=O)(=O)c1ccc(C)cc1)OCC. The van der Waals surface area contributed by atoms with Crippen LogP contribution in [0.3, 0.4) is 0 Å². The van der Waals surface area contributed by atoms with Crippen molar-refractivity contribution in [2.24, 2.45) is 4.99 Å². The summed E-state index contributed by atoms with van der Waals surface area (Å²) in [7, 11) is -3.84. The Kier molecular flexibility index (Phi) is 8.91. The molecule has 0 heterocycles. The molecule has 158 valence electrons. The fourth-order valence-electron chi connectivity index (χ4n) is 2.40. The standard InChI is InChI=1S/C20H26ClN3O4S/c1-4-27-19(28-5-2)14-22-20(23-17-8-6-7-16(21)13-17)24-29(25,26)18-11-9-15(3)10-12-18/h6-13,19H,4-5,14H2,1-3H3,(H2,22,23,24). The second-order valence-electron chi connectivity index (χ2n) is 6.08. The Bertz CT molecular complexity index is 912. The molecule has 0 aliphatic carbocycles. The van der Waals surface area contributed by atoms with Gasteiger partial charge in [-0.3, -0.25) is 0 Å². The van der Waals surface area contributed by atoms with Crippen molar-refractivity contribution in [2.45, 2.75) is 32.0 Å². The molecular formula is C20H26ClN3O4S. The van der Waals surface area contributed by atoms with Crippen LogP contribution >= 0.6 is 11.6 Å². The van der Waals surface area contributed by atoms with Gasteiger partial charge in [0.25, 0.3) is 10.0 Å². The number of ether oxygens (including phenoxy) is 2. The summed E-state index contributed by atoms with van der Waals surface area (Å²) in [6.45, 7) is 6.60. The fourth-order valence-corrected chi connectivity index (χ4v) is 3.57. The summed E-state index contributed by atoms with van der Waals surface area (Å²) in [4.78, 5) is 4.47. The second-order valence-corrected chi connectivity index (χ2v) is 8.20. The Hall–Kier alpha value is -2.13. The highest BCUT2D eigenvalue weighted by atomic mass is 35.5. The van der Waals surface area contributed by atoms with E-state index < -0.39 is 16.3 Å². The molecule has 0 bridgehead atoms. The van der Waals surface area contributed by atoms with Crippen molar-refractivity contribution in [3.8, 4) is 0 Å². The lowest BCUT2D eigenvalue weighted by molar-refractivity contribution is -0.128. The zero-order chi connectivity index (χ0) is 21.3. The van der Waals surface area contributed by atoms with E-state index in [1.54, 1.807) is 36.4 Å². The number of aryl methyl sites for hydroxylation is 1. The highest BCUT2D eigenvalue weighted by molar-refractivity contribution is 7.90. The van der Waals surface area contributed by atoms with Gasteiger partial charge >= 0.3 is 0 Å². The molecule has 29 heavy (non-hydrogen) atoms. The first-order chi connectivity index (χ1) is 13.8. The average molecular weight is 440 g/mol. The third kappa shape index (κ3) is 7.66. The van der Waals surface area contributed by atoms with Crippen molar-refractivity contribution in [2.75, 3.05) is 25.1 Å². The van der Waals surface area contributed by atoms with Crippen molar-refractivity contribution < 1.29 is 17.9 Å². The monoisotopic (exact) mass is 439 g/mol. The van der Waals surface area contributed by atoms with Crippen molar-refractivity contribution in [3.63, 3.8) is 0 Å². The predicted molar refractivity (Wildman–Crippen MR) is 116 cm³/mol. The lowest BCUT2D eigenvalue weighted by Crippen LogP contribution is -2.37. The molecule has 0 aliphatic heterocycles. The summed E-state index contributed by atoms with van der Waals surface area (Å²) in [5.41, 5.74) is 1.55. The average Bonchev–Trinajstić information content (AvgIpc) is 2.66. The quantitative estimate of drug-likeness (QED) is 0.352. The first-order valence-electron chi connectivity index (χ1n) is 9.23. The molecule has 0 unspecified atom stereocenters. The summed E-state index contributed by atoms with van der Waals surface area (Å²) >= 11 is 6.02. The number of hydrogen-bond donors (Lipinski definition) is 2. The van der Waals surface area contributed by atoms with Crippen LogP contribution in [0.5, 0.6) is 0 Å². The maximum atomic E-state index is 12.8. The van der Waals surface area contributed by atoms with Crippen LogP contribution in [0.2, 0.25) is 5.02 Å². The van der Waals surface area contributed by atoms with Crippen LogP contribution in [0.1, 0.15) is 19.4 Å². The first kappa shape index (κ1) is 23.2. The number of sulfonamides is 1. The third-order valence-corrected chi connectivity index (χ3v) is 5.34. The minimum Gasteiger partial charge on any atom is -0.351 e. The molecule has 0 spiro atoms. The van der Waals surface area contributed by atoms with Gasteiger partial charge < -0.3 is 14.8 Å². The molecule has 2 N–H and O–H groups in total. The molecule has 2 aromatic rings. The van der Waals surface area contributed by atoms with E-state index in [1.807, 2.05) is 20.8 Å². The van der Waals surface area contributed by atoms with E-state index in [1.165, 1.54) is 12.1 Å². The molecule has 0 fully saturated rings. The van der Waals surface area contributed by atoms with E-state index >= 15 is 0 Å². The fraction of sp³-hybridized carbons (Fsp3) is 0.350. The molecule has 0 aromatic heterocycles. The number of halogens is 1. The number of rotatable bonds is 9. The molecule has 2 aromatic carbocycles. The summed E-state index contributed by atoms with van der Waals surface area (Å²) < 4.78 is 39.0. The van der Waals surface area contributed by atoms with Crippen LogP contribution in [0.25, 0.3) is 0 Å². The number of nitrogens with zero attached hydrogens (tertiary/aromatic N) is 1. The second kappa shape index (κ2) is 11.2. The number of anilines is 1. The highest BCUT2D eigenvalue weighted by Gasteiger charge is 2.17. The van der Waals surface area contributed by atoms with Gasteiger partial charge in [0.05, 0.1) is 11.4 Å². The van der Waals surface area contributed by atoms with Crippen molar-refractivity contribution in [1.82, 2.24) is 4.72 Å². The van der Waals surface area contributed by atoms with Crippen LogP contribution in [0, 0.1) is 6.92 Å². The van der Waals surface area contributed by atoms with E-state index in [0.717, 1.165) is 5.56 Å². The minimum atomic E-state index is -3.84. The van der Waals surface area contributed by atoms with E-state index in [0.29, 0.717) is 23.9 Å². The van der Waals surface area contributed by atoms with Gasteiger partial charge in [-0.1, -0.05) is 35.4 Å². The number of aliphatic imine (C=N–C) groups is 1. The van der Waals surface area contributed by atoms with Gasteiger partial charge in [-0.2, -0.15) is 0 Å². The van der Waals surface area contributed by atoms with Gasteiger partial charge in [0.2, 0.25) is 5.96 Å². The number of nitrogens with one attached hydrogen (secondary N) is 2. The molecule has 0 saturated heterocycles. The van der Waals surface area contributed by atoms with Gasteiger partial charge in [-0.05, 0) is 51.1 Å². The Morgan fingerprint density at radius 1 is 1.10 bits per heavy atom. The zero-order valence-electron chi connectivity index (χ0n) is 16.7. The summed E-state index contributed by atoms with van der Waals surface area (Å²) in [5, 5.41) is 3.47. The number of benzene rings is 2. The van der Waals surface area contributed by atoms with Gasteiger partial charge in [-0.15, -0.1) is 0 Å². The van der Waals surface area contributed by atoms with Crippen LogP contribution in [-0.4, -0.2) is 40.4 Å². The third-order valence-electron chi connectivity index (χ3n) is 3.75. The molecule has 0 atom stereocenters. The smallest absolute Gasteiger partial charge is 0.264 e. The molecule has 0 amide bonds. The van der Waals surface area contributed by atoms with E-state index in [-0.39, 0.29) is 17.4 Å². The first-order valence-corrected chi connectivity index (χ1v) is 11.1. The maximum absolute atomic E-state index is 12.8. The largest absolute Gasteiger partial charge is 0.351 e. The van der Waals surface area contributed by atoms with E-state index in [9.17, 15) is 8.42 Å². The minimum absolute atomic E-state index is 0.0391. The Morgan fingerprint density at radius 3 is 2.34 bits per heavy atom. The highest BCUT2D eigenvalue weighted by Crippen LogP contribution is 2.16. The van der Waals surface area contributed by atoms with Gasteiger partial charge in [0.15, 0.2) is 6.29 Å². The Labute approximate surface area is 177 Å². The zero-order valence-corrected chi connectivity index (χ0v) is 18.3. The van der Waals surface area contributed by atoms with Crippen LogP contribution in [0.4, 0.5) is 5.69 Å². The van der Waals surface area contributed by atoms with Crippen molar-refractivity contribution in [1.29, 1.82) is 0 Å². The van der Waals surface area contributed by atoms with Crippen molar-refractivity contribution >= 4 is 33.3 Å². The molecule has 2 rings (SSSR count). The number of hydrogen-bond acceptors (Lipinski definition) is 5. The van der Waals surface area contributed by atoms with Crippen LogP contribution in [0.15, 0.2) is 58.4 Å².